The van der Waals surface area contributed by atoms with E-state index in [1.54, 1.807) is 6.07 Å². The van der Waals surface area contributed by atoms with Crippen LogP contribution in [0.5, 0.6) is 0 Å². The van der Waals surface area contributed by atoms with Gasteiger partial charge in [-0.25, -0.2) is 0 Å². The number of nitrogens with zero attached hydrogens (tertiary/aromatic N) is 1. The van der Waals surface area contributed by atoms with E-state index in [2.05, 4.69) is 38.0 Å². The fraction of sp³-hybridized carbons (Fsp3) is 0.600. The van der Waals surface area contributed by atoms with Crippen LogP contribution in [-0.2, 0) is 0 Å². The van der Waals surface area contributed by atoms with Crippen molar-refractivity contribution in [1.82, 2.24) is 10.2 Å². The summed E-state index contributed by atoms with van der Waals surface area (Å²) in [6.45, 7) is 8.50. The van der Waals surface area contributed by atoms with Crippen LogP contribution in [0.1, 0.15) is 38.8 Å². The lowest BCUT2D eigenvalue weighted by Crippen LogP contribution is -2.30. The zero-order valence-corrected chi connectivity index (χ0v) is 14.8. The van der Waals surface area contributed by atoms with Gasteiger partial charge < -0.3 is 10.2 Å². The van der Waals surface area contributed by atoms with Crippen LogP contribution in [0, 0.1) is 0 Å². The molecule has 1 N–H and O–H groups in total. The van der Waals surface area contributed by atoms with E-state index >= 15 is 0 Å². The molecule has 0 fully saturated rings. The zero-order chi connectivity index (χ0) is 15.3. The first kappa shape index (κ1) is 18.1. The van der Waals surface area contributed by atoms with Gasteiger partial charge in [-0.1, -0.05) is 40.9 Å². The third-order valence-electron chi connectivity index (χ3n) is 3.55. The molecule has 0 spiro atoms. The molecule has 0 heterocycles. The molecule has 20 heavy (non-hydrogen) atoms. The highest BCUT2D eigenvalue weighted by Gasteiger charge is 2.13. The van der Waals surface area contributed by atoms with Crippen molar-refractivity contribution in [3.63, 3.8) is 0 Å². The lowest BCUT2D eigenvalue weighted by Gasteiger charge is -2.22. The lowest BCUT2D eigenvalue weighted by atomic mass is 10.1. The van der Waals surface area contributed by atoms with Gasteiger partial charge in [0.15, 0.2) is 0 Å². The molecule has 0 aliphatic rings. The average molecular weight is 338 g/mol. The highest BCUT2D eigenvalue weighted by atomic mass is 35.5. The molecular weight excluding hydrogens is 315 g/mol. The monoisotopic (exact) mass is 336 g/mol. The SMILES string of the molecule is CC(NCCCN(C)C(C)C)c1ccc(Cl)c(Cl)c1Cl. The van der Waals surface area contributed by atoms with Gasteiger partial charge in [0.2, 0.25) is 0 Å². The number of benzene rings is 1. The largest absolute Gasteiger partial charge is 0.310 e. The first-order valence-corrected chi connectivity index (χ1v) is 8.05. The van der Waals surface area contributed by atoms with Gasteiger partial charge in [-0.3, -0.25) is 0 Å². The third-order valence-corrected chi connectivity index (χ3v) is 4.86. The smallest absolute Gasteiger partial charge is 0.0781 e. The molecule has 0 aliphatic carbocycles. The van der Waals surface area contributed by atoms with Crippen molar-refractivity contribution in [2.75, 3.05) is 20.1 Å². The maximum atomic E-state index is 6.23. The van der Waals surface area contributed by atoms with Crippen LogP contribution in [-0.4, -0.2) is 31.1 Å². The van der Waals surface area contributed by atoms with Crippen LogP contribution in [0.25, 0.3) is 0 Å². The summed E-state index contributed by atoms with van der Waals surface area (Å²) in [5.41, 5.74) is 0.985. The first-order chi connectivity index (χ1) is 9.34. The van der Waals surface area contributed by atoms with Gasteiger partial charge in [-0.05, 0) is 59.0 Å². The van der Waals surface area contributed by atoms with Gasteiger partial charge >= 0.3 is 0 Å². The van der Waals surface area contributed by atoms with E-state index in [1.807, 2.05) is 6.07 Å². The Hall–Kier alpha value is 0.01000. The Morgan fingerprint density at radius 3 is 2.35 bits per heavy atom. The second-order valence-electron chi connectivity index (χ2n) is 5.37. The molecule has 1 rings (SSSR count). The third kappa shape index (κ3) is 5.09. The summed E-state index contributed by atoms with van der Waals surface area (Å²) < 4.78 is 0. The van der Waals surface area contributed by atoms with Crippen molar-refractivity contribution < 1.29 is 0 Å². The summed E-state index contributed by atoms with van der Waals surface area (Å²) in [4.78, 5) is 2.33. The zero-order valence-electron chi connectivity index (χ0n) is 12.5. The molecular formula is C15H23Cl3N2. The predicted molar refractivity (Wildman–Crippen MR) is 90.3 cm³/mol. The molecule has 2 nitrogen and oxygen atoms in total. The Balaban J connectivity index is 2.48. The highest BCUT2D eigenvalue weighted by molar-refractivity contribution is 6.48. The summed E-state index contributed by atoms with van der Waals surface area (Å²) in [5, 5.41) is 4.93. The number of rotatable bonds is 7. The van der Waals surface area contributed by atoms with Gasteiger partial charge in [0, 0.05) is 12.1 Å². The lowest BCUT2D eigenvalue weighted by molar-refractivity contribution is 0.268. The van der Waals surface area contributed by atoms with E-state index in [9.17, 15) is 0 Å². The molecule has 0 saturated carbocycles. The van der Waals surface area contributed by atoms with Gasteiger partial charge in [0.1, 0.15) is 0 Å². The Morgan fingerprint density at radius 1 is 1.10 bits per heavy atom. The van der Waals surface area contributed by atoms with Crippen molar-refractivity contribution in [1.29, 1.82) is 0 Å². The molecule has 0 aromatic heterocycles. The van der Waals surface area contributed by atoms with Gasteiger partial charge in [-0.2, -0.15) is 0 Å². The minimum Gasteiger partial charge on any atom is -0.310 e. The maximum Gasteiger partial charge on any atom is 0.0781 e. The second kappa shape index (κ2) is 8.45. The number of nitrogens with one attached hydrogen (secondary N) is 1. The average Bonchev–Trinajstić information content (AvgIpc) is 2.40. The van der Waals surface area contributed by atoms with Crippen molar-refractivity contribution in [2.24, 2.45) is 0 Å². The second-order valence-corrected chi connectivity index (χ2v) is 6.53. The molecule has 1 atom stereocenters. The number of halogens is 3. The summed E-state index contributed by atoms with van der Waals surface area (Å²) in [7, 11) is 2.14. The molecule has 0 saturated heterocycles. The number of hydrogen-bond donors (Lipinski definition) is 1. The molecule has 1 unspecified atom stereocenters. The van der Waals surface area contributed by atoms with E-state index < -0.39 is 0 Å². The normalized spacial score (nSPS) is 13.2. The van der Waals surface area contributed by atoms with Gasteiger partial charge in [0.25, 0.3) is 0 Å². The van der Waals surface area contributed by atoms with Crippen LogP contribution >= 0.6 is 34.8 Å². The topological polar surface area (TPSA) is 15.3 Å². The van der Waals surface area contributed by atoms with Crippen molar-refractivity contribution >= 4 is 34.8 Å². The molecule has 0 radical (unpaired) electrons. The molecule has 0 aliphatic heterocycles. The Bertz CT molecular complexity index is 435. The van der Waals surface area contributed by atoms with E-state index in [-0.39, 0.29) is 6.04 Å². The van der Waals surface area contributed by atoms with E-state index in [0.717, 1.165) is 25.1 Å². The van der Waals surface area contributed by atoms with Crippen LogP contribution in [0.2, 0.25) is 15.1 Å². The van der Waals surface area contributed by atoms with Gasteiger partial charge in [-0.15, -0.1) is 0 Å². The first-order valence-electron chi connectivity index (χ1n) is 6.91. The summed E-state index contributed by atoms with van der Waals surface area (Å²) in [6.07, 6.45) is 1.10. The Morgan fingerprint density at radius 2 is 1.75 bits per heavy atom. The van der Waals surface area contributed by atoms with Crippen molar-refractivity contribution in [3.8, 4) is 0 Å². The fourth-order valence-electron chi connectivity index (χ4n) is 1.89. The minimum absolute atomic E-state index is 0.154. The maximum absolute atomic E-state index is 6.23. The molecule has 0 amide bonds. The van der Waals surface area contributed by atoms with Crippen molar-refractivity contribution in [3.05, 3.63) is 32.8 Å². The standard InChI is InChI=1S/C15H23Cl3N2/c1-10(2)20(4)9-5-8-19-11(3)12-6-7-13(16)15(18)14(12)17/h6-7,10-11,19H,5,8-9H2,1-4H3. The highest BCUT2D eigenvalue weighted by Crippen LogP contribution is 2.35. The van der Waals surface area contributed by atoms with Gasteiger partial charge in [0.05, 0.1) is 15.1 Å². The van der Waals surface area contributed by atoms with E-state index in [0.29, 0.717) is 21.1 Å². The van der Waals surface area contributed by atoms with E-state index in [1.165, 1.54) is 0 Å². The predicted octanol–water partition coefficient (Wildman–Crippen LogP) is 5.03. The molecule has 1 aromatic carbocycles. The summed E-state index contributed by atoms with van der Waals surface area (Å²) in [5.74, 6) is 0. The quantitative estimate of drug-likeness (QED) is 0.554. The van der Waals surface area contributed by atoms with E-state index in [4.69, 9.17) is 34.8 Å². The molecule has 114 valence electrons. The molecule has 0 bridgehead atoms. The van der Waals surface area contributed by atoms with Crippen LogP contribution in [0.4, 0.5) is 0 Å². The number of hydrogen-bond acceptors (Lipinski definition) is 2. The minimum atomic E-state index is 0.154. The fourth-order valence-corrected chi connectivity index (χ4v) is 2.60. The Kier molecular flexibility index (Phi) is 7.63. The molecule has 1 aromatic rings. The van der Waals surface area contributed by atoms with Crippen LogP contribution < -0.4 is 5.32 Å². The van der Waals surface area contributed by atoms with Crippen molar-refractivity contribution in [2.45, 2.75) is 39.3 Å². The molecule has 5 heteroatoms. The van der Waals surface area contributed by atoms with Crippen LogP contribution in [0.15, 0.2) is 12.1 Å². The van der Waals surface area contributed by atoms with Crippen LogP contribution in [0.3, 0.4) is 0 Å². The summed E-state index contributed by atoms with van der Waals surface area (Å²) in [6, 6.07) is 4.45. The Labute approximate surface area is 137 Å². The summed E-state index contributed by atoms with van der Waals surface area (Å²) >= 11 is 18.2.